The number of fused-ring (bicyclic) bond motifs is 1. The van der Waals surface area contributed by atoms with E-state index in [1.165, 1.54) is 11.1 Å². The summed E-state index contributed by atoms with van der Waals surface area (Å²) in [6, 6.07) is 10.1. The van der Waals surface area contributed by atoms with Crippen LogP contribution < -0.4 is 0 Å². The van der Waals surface area contributed by atoms with Crippen LogP contribution in [0.25, 0.3) is 16.8 Å². The highest BCUT2D eigenvalue weighted by Gasteiger charge is 2.09. The van der Waals surface area contributed by atoms with Gasteiger partial charge in [0.15, 0.2) is 0 Å². The van der Waals surface area contributed by atoms with Crippen molar-refractivity contribution in [2.24, 2.45) is 0 Å². The van der Waals surface area contributed by atoms with Gasteiger partial charge in [0, 0.05) is 23.5 Å². The van der Waals surface area contributed by atoms with Crippen LogP contribution in [-0.4, -0.2) is 4.40 Å². The van der Waals surface area contributed by atoms with Gasteiger partial charge in [-0.15, -0.1) is 0 Å². The molecule has 0 saturated carbocycles. The number of hydrogen-bond donors (Lipinski definition) is 0. The smallest absolute Gasteiger partial charge is 0.135 e. The Balaban J connectivity index is 2.33. The molecule has 0 aliphatic heterocycles. The van der Waals surface area contributed by atoms with E-state index in [0.29, 0.717) is 0 Å². The Morgan fingerprint density at radius 2 is 2.07 bits per heavy atom. The van der Waals surface area contributed by atoms with Gasteiger partial charge in [0.25, 0.3) is 0 Å². The second-order valence-electron chi connectivity index (χ2n) is 3.64. The van der Waals surface area contributed by atoms with Gasteiger partial charge in [-0.25, -0.2) is 0 Å². The Hall–Kier alpha value is -1.96. The summed E-state index contributed by atoms with van der Waals surface area (Å²) in [6.07, 6.45) is 5.86. The molecular weight excluding hydrogens is 186 g/mol. The van der Waals surface area contributed by atoms with Gasteiger partial charge in [-0.2, -0.15) is 0 Å². The largest absolute Gasteiger partial charge is 0.464 e. The van der Waals surface area contributed by atoms with Crippen LogP contribution in [0.2, 0.25) is 0 Å². The maximum absolute atomic E-state index is 5.42. The van der Waals surface area contributed by atoms with Crippen molar-refractivity contribution in [3.8, 4) is 11.3 Å². The van der Waals surface area contributed by atoms with Gasteiger partial charge < -0.3 is 8.82 Å². The maximum Gasteiger partial charge on any atom is 0.135 e. The van der Waals surface area contributed by atoms with E-state index in [1.54, 1.807) is 6.26 Å². The van der Waals surface area contributed by atoms with Crippen LogP contribution in [0.3, 0.4) is 0 Å². The van der Waals surface area contributed by atoms with Crippen molar-refractivity contribution in [3.05, 3.63) is 54.6 Å². The molecule has 2 heteroatoms. The Morgan fingerprint density at radius 3 is 2.80 bits per heavy atom. The van der Waals surface area contributed by atoms with Crippen molar-refractivity contribution in [2.45, 2.75) is 6.92 Å². The first kappa shape index (κ1) is 8.36. The highest BCUT2D eigenvalue weighted by molar-refractivity contribution is 5.73. The van der Waals surface area contributed by atoms with E-state index in [2.05, 4.69) is 29.8 Å². The zero-order chi connectivity index (χ0) is 10.3. The molecule has 74 valence electrons. The Bertz CT molecular complexity index is 590. The summed E-state index contributed by atoms with van der Waals surface area (Å²) in [7, 11) is 0. The van der Waals surface area contributed by atoms with Crippen LogP contribution in [-0.2, 0) is 0 Å². The first-order valence-corrected chi connectivity index (χ1v) is 4.96. The third kappa shape index (κ3) is 1.18. The first-order valence-electron chi connectivity index (χ1n) is 4.96. The SMILES string of the molecule is Cc1c(-c2ccco2)cn2ccccc12. The molecule has 3 aromatic heterocycles. The van der Waals surface area contributed by atoms with Crippen molar-refractivity contribution in [2.75, 3.05) is 0 Å². The van der Waals surface area contributed by atoms with Gasteiger partial charge >= 0.3 is 0 Å². The third-order valence-corrected chi connectivity index (χ3v) is 2.73. The van der Waals surface area contributed by atoms with Crippen LogP contribution in [0.5, 0.6) is 0 Å². The molecule has 0 spiro atoms. The molecular formula is C13H11NO. The summed E-state index contributed by atoms with van der Waals surface area (Å²) in [6.45, 7) is 2.12. The van der Waals surface area contributed by atoms with E-state index in [9.17, 15) is 0 Å². The normalized spacial score (nSPS) is 11.0. The van der Waals surface area contributed by atoms with Gasteiger partial charge in [-0.3, -0.25) is 0 Å². The molecule has 2 nitrogen and oxygen atoms in total. The molecule has 3 rings (SSSR count). The fraction of sp³-hybridized carbons (Fsp3) is 0.0769. The van der Waals surface area contributed by atoms with Gasteiger partial charge in [0.1, 0.15) is 5.76 Å². The molecule has 0 aliphatic carbocycles. The van der Waals surface area contributed by atoms with Crippen LogP contribution in [0.4, 0.5) is 0 Å². The molecule has 0 aliphatic rings. The second kappa shape index (κ2) is 3.02. The van der Waals surface area contributed by atoms with Crippen molar-refractivity contribution >= 4 is 5.52 Å². The predicted molar refractivity (Wildman–Crippen MR) is 59.8 cm³/mol. The van der Waals surface area contributed by atoms with Crippen LogP contribution in [0, 0.1) is 6.92 Å². The highest BCUT2D eigenvalue weighted by atomic mass is 16.3. The third-order valence-electron chi connectivity index (χ3n) is 2.73. The summed E-state index contributed by atoms with van der Waals surface area (Å²) < 4.78 is 7.53. The molecule has 15 heavy (non-hydrogen) atoms. The number of aryl methyl sites for hydroxylation is 1. The summed E-state index contributed by atoms with van der Waals surface area (Å²) in [5, 5.41) is 0. The molecule has 0 fully saturated rings. The molecule has 0 N–H and O–H groups in total. The van der Waals surface area contributed by atoms with Gasteiger partial charge in [-0.1, -0.05) is 6.07 Å². The highest BCUT2D eigenvalue weighted by Crippen LogP contribution is 2.27. The van der Waals surface area contributed by atoms with Gasteiger partial charge in [-0.05, 0) is 36.8 Å². The van der Waals surface area contributed by atoms with E-state index in [1.807, 2.05) is 24.3 Å². The van der Waals surface area contributed by atoms with Crippen molar-refractivity contribution in [3.63, 3.8) is 0 Å². The van der Waals surface area contributed by atoms with E-state index in [-0.39, 0.29) is 0 Å². The van der Waals surface area contributed by atoms with Crippen LogP contribution in [0.15, 0.2) is 53.4 Å². The molecule has 0 unspecified atom stereocenters. The molecule has 0 aromatic carbocycles. The fourth-order valence-electron chi connectivity index (χ4n) is 1.94. The predicted octanol–water partition coefficient (Wildman–Crippen LogP) is 3.51. The topological polar surface area (TPSA) is 17.6 Å². The second-order valence-corrected chi connectivity index (χ2v) is 3.64. The minimum Gasteiger partial charge on any atom is -0.464 e. The lowest BCUT2D eigenvalue weighted by molar-refractivity contribution is 0.582. The number of pyridine rings is 1. The van der Waals surface area contributed by atoms with Crippen LogP contribution in [0.1, 0.15) is 5.56 Å². The quantitative estimate of drug-likeness (QED) is 0.583. The molecule has 0 saturated heterocycles. The van der Waals surface area contributed by atoms with E-state index in [4.69, 9.17) is 4.42 Å². The Labute approximate surface area is 87.8 Å². The summed E-state index contributed by atoms with van der Waals surface area (Å²) in [5.74, 6) is 0.927. The molecule has 0 bridgehead atoms. The van der Waals surface area contributed by atoms with E-state index < -0.39 is 0 Å². The van der Waals surface area contributed by atoms with Gasteiger partial charge in [0.2, 0.25) is 0 Å². The number of furan rings is 1. The number of aromatic nitrogens is 1. The average Bonchev–Trinajstić information content (AvgIpc) is 2.87. The van der Waals surface area contributed by atoms with Crippen molar-refractivity contribution < 1.29 is 4.42 Å². The monoisotopic (exact) mass is 197 g/mol. The Morgan fingerprint density at radius 1 is 1.13 bits per heavy atom. The lowest BCUT2D eigenvalue weighted by Gasteiger charge is -1.93. The summed E-state index contributed by atoms with van der Waals surface area (Å²) in [4.78, 5) is 0. The Kier molecular flexibility index (Phi) is 1.68. The standard InChI is InChI=1S/C13H11NO/c1-10-11(13-6-4-8-15-13)9-14-7-3-2-5-12(10)14/h2-9H,1H3. The first-order chi connectivity index (χ1) is 7.36. The molecule has 0 amide bonds. The molecule has 3 aromatic rings. The van der Waals surface area contributed by atoms with E-state index in [0.717, 1.165) is 11.3 Å². The average molecular weight is 197 g/mol. The zero-order valence-electron chi connectivity index (χ0n) is 8.47. The number of rotatable bonds is 1. The molecule has 0 atom stereocenters. The summed E-state index contributed by atoms with van der Waals surface area (Å²) in [5.41, 5.74) is 3.64. The fourth-order valence-corrected chi connectivity index (χ4v) is 1.94. The minimum atomic E-state index is 0.927. The lowest BCUT2D eigenvalue weighted by Crippen LogP contribution is -1.78. The number of nitrogens with zero attached hydrogens (tertiary/aromatic N) is 1. The molecule has 3 heterocycles. The number of hydrogen-bond acceptors (Lipinski definition) is 1. The van der Waals surface area contributed by atoms with Crippen molar-refractivity contribution in [1.29, 1.82) is 0 Å². The van der Waals surface area contributed by atoms with E-state index >= 15 is 0 Å². The zero-order valence-corrected chi connectivity index (χ0v) is 8.47. The van der Waals surface area contributed by atoms with Gasteiger partial charge in [0.05, 0.1) is 6.26 Å². The lowest BCUT2D eigenvalue weighted by atomic mass is 10.1. The minimum absolute atomic E-state index is 0.927. The molecule has 0 radical (unpaired) electrons. The van der Waals surface area contributed by atoms with Crippen molar-refractivity contribution in [1.82, 2.24) is 4.40 Å². The summed E-state index contributed by atoms with van der Waals surface area (Å²) >= 11 is 0. The maximum atomic E-state index is 5.42. The van der Waals surface area contributed by atoms with Crippen LogP contribution >= 0.6 is 0 Å².